The van der Waals surface area contributed by atoms with Gasteiger partial charge in [0.2, 0.25) is 17.1 Å². The lowest BCUT2D eigenvalue weighted by atomic mass is 10.2. The van der Waals surface area contributed by atoms with E-state index in [-0.39, 0.29) is 23.7 Å². The number of carbonyl (C=O) groups excluding carboxylic acids is 2. The van der Waals surface area contributed by atoms with Crippen LogP contribution in [0.3, 0.4) is 0 Å². The fourth-order valence-corrected chi connectivity index (χ4v) is 2.02. The summed E-state index contributed by atoms with van der Waals surface area (Å²) in [5.41, 5.74) is 0.490. The Hall–Kier alpha value is -3.29. The van der Waals surface area contributed by atoms with Crippen LogP contribution in [0.1, 0.15) is 12.7 Å². The van der Waals surface area contributed by atoms with Gasteiger partial charge in [0.15, 0.2) is 6.61 Å². The smallest absolute Gasteiger partial charge is 0.262 e. The standard InChI is InChI=1S/C17H18N2O6/c1-10-6-14(21)16(8-24-10)25-9-17(22)19-13-7-12(18-11(2)20)4-5-15(13)23-3/h4-8H,9H2,1-3H3,(H,18,20)(H,19,22). The van der Waals surface area contributed by atoms with E-state index < -0.39 is 5.91 Å². The number of methoxy groups -OCH3 is 1. The average molecular weight is 346 g/mol. The summed E-state index contributed by atoms with van der Waals surface area (Å²) < 4.78 is 15.4. The maximum atomic E-state index is 12.1. The second kappa shape index (κ2) is 8.00. The highest BCUT2D eigenvalue weighted by Gasteiger charge is 2.11. The molecule has 8 heteroatoms. The zero-order valence-electron chi connectivity index (χ0n) is 14.0. The zero-order chi connectivity index (χ0) is 18.4. The summed E-state index contributed by atoms with van der Waals surface area (Å²) in [6.07, 6.45) is 1.16. The molecule has 1 aromatic heterocycles. The van der Waals surface area contributed by atoms with Crippen molar-refractivity contribution in [2.45, 2.75) is 13.8 Å². The summed E-state index contributed by atoms with van der Waals surface area (Å²) in [5, 5.41) is 5.21. The van der Waals surface area contributed by atoms with Crippen LogP contribution in [0, 0.1) is 6.92 Å². The third-order valence-corrected chi connectivity index (χ3v) is 3.08. The average Bonchev–Trinajstić information content (AvgIpc) is 2.54. The molecule has 0 atom stereocenters. The number of carbonyl (C=O) groups is 2. The van der Waals surface area contributed by atoms with E-state index >= 15 is 0 Å². The molecule has 0 aliphatic rings. The molecule has 0 saturated carbocycles. The maximum absolute atomic E-state index is 12.1. The van der Waals surface area contributed by atoms with Gasteiger partial charge in [-0.25, -0.2) is 0 Å². The summed E-state index contributed by atoms with van der Waals surface area (Å²) in [6, 6.07) is 6.08. The Kier molecular flexibility index (Phi) is 5.78. The lowest BCUT2D eigenvalue weighted by molar-refractivity contribution is -0.118. The quantitative estimate of drug-likeness (QED) is 0.828. The van der Waals surface area contributed by atoms with Gasteiger partial charge in [-0.3, -0.25) is 14.4 Å². The predicted octanol–water partition coefficient (Wildman–Crippen LogP) is 1.93. The Bertz CT molecular complexity index is 843. The van der Waals surface area contributed by atoms with E-state index in [1.807, 2.05) is 0 Å². The van der Waals surface area contributed by atoms with Crippen molar-refractivity contribution in [1.82, 2.24) is 0 Å². The highest BCUT2D eigenvalue weighted by molar-refractivity contribution is 5.95. The molecule has 2 rings (SSSR count). The largest absolute Gasteiger partial charge is 0.495 e. The molecule has 0 bridgehead atoms. The van der Waals surface area contributed by atoms with Crippen LogP contribution >= 0.6 is 0 Å². The number of anilines is 2. The van der Waals surface area contributed by atoms with Crippen molar-refractivity contribution in [3.8, 4) is 11.5 Å². The third-order valence-electron chi connectivity index (χ3n) is 3.08. The van der Waals surface area contributed by atoms with Crippen LogP contribution in [0.25, 0.3) is 0 Å². The molecule has 132 valence electrons. The number of nitrogens with one attached hydrogen (secondary N) is 2. The first kappa shape index (κ1) is 18.1. The number of rotatable bonds is 6. The molecular formula is C17H18N2O6. The summed E-state index contributed by atoms with van der Waals surface area (Å²) in [7, 11) is 1.46. The van der Waals surface area contributed by atoms with E-state index in [0.717, 1.165) is 6.26 Å². The van der Waals surface area contributed by atoms with E-state index in [1.165, 1.54) is 20.1 Å². The van der Waals surface area contributed by atoms with Crippen LogP contribution in [0.15, 0.2) is 39.7 Å². The molecule has 0 aliphatic heterocycles. The Morgan fingerprint density at radius 2 is 1.92 bits per heavy atom. The zero-order valence-corrected chi connectivity index (χ0v) is 14.0. The lowest BCUT2D eigenvalue weighted by Gasteiger charge is -2.12. The summed E-state index contributed by atoms with van der Waals surface area (Å²) in [6.45, 7) is 2.62. The van der Waals surface area contributed by atoms with Gasteiger partial charge in [0.05, 0.1) is 12.8 Å². The molecule has 2 aromatic rings. The van der Waals surface area contributed by atoms with Crippen molar-refractivity contribution in [3.63, 3.8) is 0 Å². The fourth-order valence-electron chi connectivity index (χ4n) is 2.02. The number of benzene rings is 1. The molecule has 0 unspecified atom stereocenters. The van der Waals surface area contributed by atoms with Crippen LogP contribution in [0.4, 0.5) is 11.4 Å². The van der Waals surface area contributed by atoms with E-state index in [2.05, 4.69) is 10.6 Å². The molecular weight excluding hydrogens is 328 g/mol. The fraction of sp³-hybridized carbons (Fsp3) is 0.235. The van der Waals surface area contributed by atoms with Gasteiger partial charge in [-0.15, -0.1) is 0 Å². The van der Waals surface area contributed by atoms with Crippen molar-refractivity contribution in [1.29, 1.82) is 0 Å². The van der Waals surface area contributed by atoms with Gasteiger partial charge < -0.3 is 24.5 Å². The van der Waals surface area contributed by atoms with E-state index in [1.54, 1.807) is 25.1 Å². The van der Waals surface area contributed by atoms with Crippen molar-refractivity contribution in [2.24, 2.45) is 0 Å². The van der Waals surface area contributed by atoms with E-state index in [4.69, 9.17) is 13.9 Å². The third kappa shape index (κ3) is 5.10. The van der Waals surface area contributed by atoms with Gasteiger partial charge in [-0.2, -0.15) is 0 Å². The number of amides is 2. The highest BCUT2D eigenvalue weighted by Crippen LogP contribution is 2.27. The van der Waals surface area contributed by atoms with Crippen molar-refractivity contribution < 1.29 is 23.5 Å². The topological polar surface area (TPSA) is 107 Å². The van der Waals surface area contributed by atoms with Gasteiger partial charge >= 0.3 is 0 Å². The van der Waals surface area contributed by atoms with Crippen LogP contribution in [-0.2, 0) is 9.59 Å². The first-order valence-corrected chi connectivity index (χ1v) is 7.36. The molecule has 0 fully saturated rings. The Balaban J connectivity index is 2.06. The minimum absolute atomic E-state index is 0.0558. The second-order valence-electron chi connectivity index (χ2n) is 5.15. The van der Waals surface area contributed by atoms with Gasteiger partial charge in [-0.05, 0) is 25.1 Å². The summed E-state index contributed by atoms with van der Waals surface area (Å²) >= 11 is 0. The number of ether oxygens (including phenoxy) is 2. The number of hydrogen-bond donors (Lipinski definition) is 2. The van der Waals surface area contributed by atoms with Crippen molar-refractivity contribution >= 4 is 23.2 Å². The molecule has 0 aliphatic carbocycles. The van der Waals surface area contributed by atoms with Crippen LogP contribution in [0.5, 0.6) is 11.5 Å². The number of aryl methyl sites for hydroxylation is 1. The first-order valence-electron chi connectivity index (χ1n) is 7.36. The molecule has 25 heavy (non-hydrogen) atoms. The Morgan fingerprint density at radius 3 is 2.56 bits per heavy atom. The van der Waals surface area contributed by atoms with E-state index in [0.29, 0.717) is 22.9 Å². The van der Waals surface area contributed by atoms with Crippen LogP contribution in [-0.4, -0.2) is 25.5 Å². The molecule has 1 aromatic carbocycles. The van der Waals surface area contributed by atoms with Gasteiger partial charge in [-0.1, -0.05) is 0 Å². The Labute approximate surface area is 143 Å². The summed E-state index contributed by atoms with van der Waals surface area (Å²) in [4.78, 5) is 34.9. The molecule has 1 heterocycles. The lowest BCUT2D eigenvalue weighted by Crippen LogP contribution is -2.22. The number of hydrogen-bond acceptors (Lipinski definition) is 6. The molecule has 8 nitrogen and oxygen atoms in total. The molecule has 0 saturated heterocycles. The van der Waals surface area contributed by atoms with Gasteiger partial charge in [0, 0.05) is 18.7 Å². The molecule has 2 N–H and O–H groups in total. The van der Waals surface area contributed by atoms with Gasteiger partial charge in [0.1, 0.15) is 17.8 Å². The normalized spacial score (nSPS) is 10.0. The van der Waals surface area contributed by atoms with Crippen molar-refractivity contribution in [3.05, 3.63) is 46.5 Å². The SMILES string of the molecule is COc1ccc(NC(C)=O)cc1NC(=O)COc1coc(C)cc1=O. The first-order chi connectivity index (χ1) is 11.9. The minimum Gasteiger partial charge on any atom is -0.495 e. The van der Waals surface area contributed by atoms with Gasteiger partial charge in [0.25, 0.3) is 5.91 Å². The molecule has 2 amide bonds. The monoisotopic (exact) mass is 346 g/mol. The molecule has 0 spiro atoms. The maximum Gasteiger partial charge on any atom is 0.262 e. The second-order valence-corrected chi connectivity index (χ2v) is 5.15. The minimum atomic E-state index is -0.502. The van der Waals surface area contributed by atoms with E-state index in [9.17, 15) is 14.4 Å². The molecule has 0 radical (unpaired) electrons. The predicted molar refractivity (Wildman–Crippen MR) is 91.1 cm³/mol. The van der Waals surface area contributed by atoms with Crippen LogP contribution < -0.4 is 25.5 Å². The summed E-state index contributed by atoms with van der Waals surface area (Å²) in [5.74, 6) is 0.0634. The van der Waals surface area contributed by atoms with Crippen molar-refractivity contribution in [2.75, 3.05) is 24.4 Å². The van der Waals surface area contributed by atoms with Crippen LogP contribution in [0.2, 0.25) is 0 Å². The highest BCUT2D eigenvalue weighted by atomic mass is 16.5. The Morgan fingerprint density at radius 1 is 1.16 bits per heavy atom.